The molecule has 0 amide bonds. The van der Waals surface area contributed by atoms with Gasteiger partial charge in [-0.25, -0.2) is 0 Å². The van der Waals surface area contributed by atoms with Crippen LogP contribution in [0.4, 0.5) is 0 Å². The molecule has 0 spiro atoms. The average Bonchev–Trinajstić information content (AvgIpc) is 2.91. The molecule has 1 atom stereocenters. The number of aliphatic imine (C=N–C) groups is 1. The summed E-state index contributed by atoms with van der Waals surface area (Å²) in [7, 11) is 0. The molecule has 1 aromatic heterocycles. The van der Waals surface area contributed by atoms with Crippen molar-refractivity contribution in [3.8, 4) is 0 Å². The van der Waals surface area contributed by atoms with Crippen LogP contribution in [-0.2, 0) is 11.3 Å². The van der Waals surface area contributed by atoms with E-state index in [1.54, 1.807) is 6.21 Å². The Balaban J connectivity index is 1.86. The number of nitrogens with zero attached hydrogens (tertiary/aromatic N) is 4. The van der Waals surface area contributed by atoms with Gasteiger partial charge in [0.25, 0.3) is 0 Å². The van der Waals surface area contributed by atoms with Crippen LogP contribution in [0.3, 0.4) is 0 Å². The fourth-order valence-electron chi connectivity index (χ4n) is 1.74. The lowest BCUT2D eigenvalue weighted by Gasteiger charge is -2.05. The zero-order valence-corrected chi connectivity index (χ0v) is 9.67. The molecule has 0 unspecified atom stereocenters. The Morgan fingerprint density at radius 2 is 2.62 bits per heavy atom. The molecule has 0 radical (unpaired) electrons. The van der Waals surface area contributed by atoms with Crippen LogP contribution < -0.4 is 0 Å². The van der Waals surface area contributed by atoms with Crippen LogP contribution in [0.5, 0.6) is 0 Å². The van der Waals surface area contributed by atoms with Crippen molar-refractivity contribution in [2.75, 3.05) is 19.8 Å². The SMILES string of the molecule is CCCN=Cc1cn(C[C@@H]2CCOC2)nn1. The van der Waals surface area contributed by atoms with Crippen molar-refractivity contribution in [3.63, 3.8) is 0 Å². The zero-order valence-electron chi connectivity index (χ0n) is 9.67. The Labute approximate surface area is 95.5 Å². The minimum Gasteiger partial charge on any atom is -0.381 e. The van der Waals surface area contributed by atoms with Gasteiger partial charge in [-0.2, -0.15) is 0 Å². The monoisotopic (exact) mass is 222 g/mol. The maximum absolute atomic E-state index is 5.33. The second-order valence-corrected chi connectivity index (χ2v) is 4.13. The number of ether oxygens (including phenoxy) is 1. The first-order valence-electron chi connectivity index (χ1n) is 5.86. The van der Waals surface area contributed by atoms with Gasteiger partial charge in [0.2, 0.25) is 0 Å². The third-order valence-corrected chi connectivity index (χ3v) is 2.60. The molecule has 0 N–H and O–H groups in total. The van der Waals surface area contributed by atoms with Crippen LogP contribution in [-0.4, -0.2) is 41.0 Å². The predicted octanol–water partition coefficient (Wildman–Crippen LogP) is 1.14. The summed E-state index contributed by atoms with van der Waals surface area (Å²) in [6.45, 7) is 5.58. The molecule has 2 heterocycles. The normalized spacial score (nSPS) is 20.9. The van der Waals surface area contributed by atoms with Crippen molar-refractivity contribution in [3.05, 3.63) is 11.9 Å². The summed E-state index contributed by atoms with van der Waals surface area (Å²) in [5.74, 6) is 0.585. The fraction of sp³-hybridized carbons (Fsp3) is 0.727. The van der Waals surface area contributed by atoms with Crippen molar-refractivity contribution in [2.24, 2.45) is 10.9 Å². The first-order valence-corrected chi connectivity index (χ1v) is 5.86. The molecular formula is C11H18N4O. The quantitative estimate of drug-likeness (QED) is 0.702. The van der Waals surface area contributed by atoms with E-state index in [1.165, 1.54) is 0 Å². The van der Waals surface area contributed by atoms with Gasteiger partial charge in [0.15, 0.2) is 0 Å². The van der Waals surface area contributed by atoms with Crippen molar-refractivity contribution >= 4 is 6.21 Å². The van der Waals surface area contributed by atoms with Crippen LogP contribution in [0.2, 0.25) is 0 Å². The predicted molar refractivity (Wildman–Crippen MR) is 61.7 cm³/mol. The van der Waals surface area contributed by atoms with Crippen LogP contribution in [0, 0.1) is 5.92 Å². The summed E-state index contributed by atoms with van der Waals surface area (Å²) in [4.78, 5) is 4.24. The fourth-order valence-corrected chi connectivity index (χ4v) is 1.74. The van der Waals surface area contributed by atoms with E-state index in [4.69, 9.17) is 4.74 Å². The highest BCUT2D eigenvalue weighted by Gasteiger charge is 2.16. The van der Waals surface area contributed by atoms with Crippen LogP contribution in [0.1, 0.15) is 25.5 Å². The van der Waals surface area contributed by atoms with Gasteiger partial charge in [-0.15, -0.1) is 5.10 Å². The highest BCUT2D eigenvalue weighted by atomic mass is 16.5. The van der Waals surface area contributed by atoms with Gasteiger partial charge < -0.3 is 4.74 Å². The average molecular weight is 222 g/mol. The van der Waals surface area contributed by atoms with E-state index in [0.717, 1.165) is 44.8 Å². The summed E-state index contributed by atoms with van der Waals surface area (Å²) in [5.41, 5.74) is 0.840. The third kappa shape index (κ3) is 3.13. The van der Waals surface area contributed by atoms with Crippen molar-refractivity contribution in [1.29, 1.82) is 0 Å². The summed E-state index contributed by atoms with van der Waals surface area (Å²) in [5, 5.41) is 8.13. The maximum atomic E-state index is 5.33. The topological polar surface area (TPSA) is 52.3 Å². The lowest BCUT2D eigenvalue weighted by molar-refractivity contribution is 0.181. The molecule has 2 rings (SSSR count). The lowest BCUT2D eigenvalue weighted by Crippen LogP contribution is -2.11. The molecule has 1 aliphatic rings. The van der Waals surface area contributed by atoms with E-state index in [9.17, 15) is 0 Å². The van der Waals surface area contributed by atoms with Crippen molar-refractivity contribution < 1.29 is 4.74 Å². The molecule has 0 bridgehead atoms. The molecule has 5 nitrogen and oxygen atoms in total. The van der Waals surface area contributed by atoms with E-state index >= 15 is 0 Å². The number of aromatic nitrogens is 3. The Bertz CT molecular complexity index is 342. The number of hydrogen-bond acceptors (Lipinski definition) is 4. The van der Waals surface area contributed by atoms with Crippen molar-refractivity contribution in [2.45, 2.75) is 26.3 Å². The molecule has 1 aromatic rings. The molecule has 1 saturated heterocycles. The molecule has 1 fully saturated rings. The zero-order chi connectivity index (χ0) is 11.2. The Kier molecular flexibility index (Phi) is 4.04. The Hall–Kier alpha value is -1.23. The summed E-state index contributed by atoms with van der Waals surface area (Å²) < 4.78 is 7.21. The van der Waals surface area contributed by atoms with E-state index < -0.39 is 0 Å². The van der Waals surface area contributed by atoms with Gasteiger partial charge in [-0.3, -0.25) is 9.67 Å². The summed E-state index contributed by atoms with van der Waals surface area (Å²) in [6, 6.07) is 0. The molecule has 16 heavy (non-hydrogen) atoms. The molecule has 0 saturated carbocycles. The van der Waals surface area contributed by atoms with Crippen LogP contribution in [0.15, 0.2) is 11.2 Å². The minimum atomic E-state index is 0.585. The Morgan fingerprint density at radius 3 is 3.38 bits per heavy atom. The second-order valence-electron chi connectivity index (χ2n) is 4.13. The third-order valence-electron chi connectivity index (χ3n) is 2.60. The summed E-state index contributed by atoms with van der Waals surface area (Å²) in [6.07, 6.45) is 5.92. The molecule has 5 heteroatoms. The van der Waals surface area contributed by atoms with Crippen molar-refractivity contribution in [1.82, 2.24) is 15.0 Å². The Morgan fingerprint density at radius 1 is 1.69 bits per heavy atom. The lowest BCUT2D eigenvalue weighted by atomic mass is 10.1. The number of hydrogen-bond donors (Lipinski definition) is 0. The highest BCUT2D eigenvalue weighted by molar-refractivity contribution is 5.76. The number of rotatable bonds is 5. The van der Waals surface area contributed by atoms with Gasteiger partial charge >= 0.3 is 0 Å². The smallest absolute Gasteiger partial charge is 0.123 e. The molecular weight excluding hydrogens is 204 g/mol. The maximum Gasteiger partial charge on any atom is 0.123 e. The van der Waals surface area contributed by atoms with E-state index in [0.29, 0.717) is 5.92 Å². The largest absolute Gasteiger partial charge is 0.381 e. The van der Waals surface area contributed by atoms with Gasteiger partial charge in [0, 0.05) is 25.6 Å². The minimum absolute atomic E-state index is 0.585. The van der Waals surface area contributed by atoms with Gasteiger partial charge in [0.05, 0.1) is 19.0 Å². The first kappa shape index (κ1) is 11.3. The summed E-state index contributed by atoms with van der Waals surface area (Å²) >= 11 is 0. The first-order chi connectivity index (χ1) is 7.88. The van der Waals surface area contributed by atoms with Crippen LogP contribution in [0.25, 0.3) is 0 Å². The van der Waals surface area contributed by atoms with E-state index in [-0.39, 0.29) is 0 Å². The van der Waals surface area contributed by atoms with Crippen LogP contribution >= 0.6 is 0 Å². The standard InChI is InChI=1S/C11H18N4O/c1-2-4-12-6-11-8-15(14-13-11)7-10-3-5-16-9-10/h6,8,10H,2-5,7,9H2,1H3/t10-/m0/s1. The highest BCUT2D eigenvalue weighted by Crippen LogP contribution is 2.13. The second kappa shape index (κ2) is 5.75. The molecule has 0 aromatic carbocycles. The van der Waals surface area contributed by atoms with Gasteiger partial charge in [-0.05, 0) is 12.8 Å². The molecule has 0 aliphatic carbocycles. The molecule has 1 aliphatic heterocycles. The molecule has 88 valence electrons. The van der Waals surface area contributed by atoms with Gasteiger partial charge in [0.1, 0.15) is 5.69 Å². The van der Waals surface area contributed by atoms with Gasteiger partial charge in [-0.1, -0.05) is 12.1 Å². The van der Waals surface area contributed by atoms with E-state index in [1.807, 2.05) is 10.9 Å². The van der Waals surface area contributed by atoms with E-state index in [2.05, 4.69) is 22.2 Å².